The van der Waals surface area contributed by atoms with Crippen molar-refractivity contribution in [2.75, 3.05) is 6.61 Å². The lowest BCUT2D eigenvalue weighted by Crippen LogP contribution is -2.06. The van der Waals surface area contributed by atoms with Crippen LogP contribution in [0.3, 0.4) is 0 Å². The molecule has 108 valence electrons. The molecule has 2 nitrogen and oxygen atoms in total. The lowest BCUT2D eigenvalue weighted by Gasteiger charge is -2.13. The average Bonchev–Trinajstić information content (AvgIpc) is 2.72. The molecular formula is C18H17FO2. The van der Waals surface area contributed by atoms with E-state index in [1.54, 1.807) is 18.2 Å². The highest BCUT2D eigenvalue weighted by Gasteiger charge is 2.18. The SMILES string of the molecule is Cc1cc(C(=O)c2ccccc2F)cc2c1OCCCC2. The molecule has 0 saturated heterocycles. The van der Waals surface area contributed by atoms with E-state index in [0.717, 1.165) is 36.1 Å². The topological polar surface area (TPSA) is 26.3 Å². The zero-order valence-corrected chi connectivity index (χ0v) is 12.0. The smallest absolute Gasteiger partial charge is 0.195 e. The van der Waals surface area contributed by atoms with Gasteiger partial charge in [-0.3, -0.25) is 4.79 Å². The molecule has 1 heterocycles. The first-order valence-corrected chi connectivity index (χ1v) is 7.22. The van der Waals surface area contributed by atoms with Gasteiger partial charge in [-0.05, 0) is 61.6 Å². The molecule has 2 aromatic carbocycles. The van der Waals surface area contributed by atoms with Gasteiger partial charge in [-0.15, -0.1) is 0 Å². The molecule has 2 aromatic rings. The molecule has 0 radical (unpaired) electrons. The average molecular weight is 284 g/mol. The predicted octanol–water partition coefficient (Wildman–Crippen LogP) is 4.08. The first kappa shape index (κ1) is 13.8. The molecule has 1 aliphatic rings. The molecule has 0 amide bonds. The Morgan fingerprint density at radius 3 is 2.81 bits per heavy atom. The van der Waals surface area contributed by atoms with Gasteiger partial charge in [-0.1, -0.05) is 12.1 Å². The minimum Gasteiger partial charge on any atom is -0.493 e. The summed E-state index contributed by atoms with van der Waals surface area (Å²) in [5, 5.41) is 0. The van der Waals surface area contributed by atoms with Gasteiger partial charge in [-0.2, -0.15) is 0 Å². The largest absolute Gasteiger partial charge is 0.493 e. The number of carbonyl (C=O) groups is 1. The van der Waals surface area contributed by atoms with Gasteiger partial charge in [-0.25, -0.2) is 4.39 Å². The summed E-state index contributed by atoms with van der Waals surface area (Å²) in [5.41, 5.74) is 2.63. The number of hydrogen-bond donors (Lipinski definition) is 0. The molecule has 21 heavy (non-hydrogen) atoms. The molecule has 3 rings (SSSR count). The van der Waals surface area contributed by atoms with Crippen molar-refractivity contribution in [1.29, 1.82) is 0 Å². The number of fused-ring (bicyclic) bond motifs is 1. The highest BCUT2D eigenvalue weighted by molar-refractivity contribution is 6.09. The van der Waals surface area contributed by atoms with Crippen molar-refractivity contribution < 1.29 is 13.9 Å². The summed E-state index contributed by atoms with van der Waals surface area (Å²) in [6.07, 6.45) is 2.96. The van der Waals surface area contributed by atoms with Gasteiger partial charge in [0.05, 0.1) is 12.2 Å². The maximum absolute atomic E-state index is 13.8. The molecule has 0 aromatic heterocycles. The second kappa shape index (κ2) is 5.68. The first-order valence-electron chi connectivity index (χ1n) is 7.22. The van der Waals surface area contributed by atoms with Gasteiger partial charge in [0.15, 0.2) is 5.78 Å². The molecule has 3 heteroatoms. The van der Waals surface area contributed by atoms with E-state index in [2.05, 4.69) is 0 Å². The highest BCUT2D eigenvalue weighted by atomic mass is 19.1. The zero-order valence-electron chi connectivity index (χ0n) is 12.0. The Bertz CT molecular complexity index is 692. The predicted molar refractivity (Wildman–Crippen MR) is 79.4 cm³/mol. The van der Waals surface area contributed by atoms with E-state index in [4.69, 9.17) is 4.74 Å². The second-order valence-electron chi connectivity index (χ2n) is 5.40. The molecule has 0 saturated carbocycles. The van der Waals surface area contributed by atoms with Crippen molar-refractivity contribution in [3.8, 4) is 5.75 Å². The first-order chi connectivity index (χ1) is 10.2. The van der Waals surface area contributed by atoms with Gasteiger partial charge in [0.1, 0.15) is 11.6 Å². The molecule has 1 aliphatic heterocycles. The molecular weight excluding hydrogens is 267 g/mol. The van der Waals surface area contributed by atoms with Crippen molar-refractivity contribution in [3.05, 3.63) is 64.5 Å². The number of carbonyl (C=O) groups excluding carboxylic acids is 1. The third-order valence-electron chi connectivity index (χ3n) is 3.82. The summed E-state index contributed by atoms with van der Waals surface area (Å²) in [6.45, 7) is 2.65. The number of hydrogen-bond acceptors (Lipinski definition) is 2. The lowest BCUT2D eigenvalue weighted by atomic mass is 9.96. The molecule has 0 bridgehead atoms. The molecule has 0 spiro atoms. The van der Waals surface area contributed by atoms with Crippen LogP contribution in [0.5, 0.6) is 5.75 Å². The second-order valence-corrected chi connectivity index (χ2v) is 5.40. The fourth-order valence-corrected chi connectivity index (χ4v) is 2.76. The van der Waals surface area contributed by atoms with Crippen molar-refractivity contribution in [1.82, 2.24) is 0 Å². The minimum absolute atomic E-state index is 0.117. The number of aryl methyl sites for hydroxylation is 2. The van der Waals surface area contributed by atoms with E-state index >= 15 is 0 Å². The van der Waals surface area contributed by atoms with E-state index in [1.807, 2.05) is 13.0 Å². The summed E-state index contributed by atoms with van der Waals surface area (Å²) in [4.78, 5) is 12.5. The van der Waals surface area contributed by atoms with E-state index in [-0.39, 0.29) is 11.3 Å². The van der Waals surface area contributed by atoms with Crippen LogP contribution >= 0.6 is 0 Å². The van der Waals surface area contributed by atoms with Crippen LogP contribution in [0.2, 0.25) is 0 Å². The molecule has 0 aliphatic carbocycles. The van der Waals surface area contributed by atoms with Crippen LogP contribution in [0.25, 0.3) is 0 Å². The van der Waals surface area contributed by atoms with Crippen molar-refractivity contribution in [3.63, 3.8) is 0 Å². The summed E-state index contributed by atoms with van der Waals surface area (Å²) in [7, 11) is 0. The van der Waals surface area contributed by atoms with Gasteiger partial charge in [0, 0.05) is 5.56 Å². The van der Waals surface area contributed by atoms with E-state index in [1.165, 1.54) is 12.1 Å². The number of ketones is 1. The van der Waals surface area contributed by atoms with E-state index in [9.17, 15) is 9.18 Å². The quantitative estimate of drug-likeness (QED) is 0.777. The monoisotopic (exact) mass is 284 g/mol. The Morgan fingerprint density at radius 2 is 2.00 bits per heavy atom. The van der Waals surface area contributed by atoms with Gasteiger partial charge >= 0.3 is 0 Å². The van der Waals surface area contributed by atoms with Crippen molar-refractivity contribution in [2.45, 2.75) is 26.2 Å². The normalized spacial score (nSPS) is 14.0. The van der Waals surface area contributed by atoms with Gasteiger partial charge < -0.3 is 4.74 Å². The summed E-state index contributed by atoms with van der Waals surface area (Å²) in [6, 6.07) is 9.74. The van der Waals surface area contributed by atoms with Crippen LogP contribution in [0.1, 0.15) is 39.9 Å². The highest BCUT2D eigenvalue weighted by Crippen LogP contribution is 2.30. The number of halogens is 1. The van der Waals surface area contributed by atoms with Gasteiger partial charge in [0.2, 0.25) is 0 Å². The lowest BCUT2D eigenvalue weighted by molar-refractivity contribution is 0.103. The zero-order chi connectivity index (χ0) is 14.8. The fraction of sp³-hybridized carbons (Fsp3) is 0.278. The third-order valence-corrected chi connectivity index (χ3v) is 3.82. The van der Waals surface area contributed by atoms with E-state index < -0.39 is 5.82 Å². The molecule has 0 unspecified atom stereocenters. The van der Waals surface area contributed by atoms with Crippen LogP contribution < -0.4 is 4.74 Å². The summed E-state index contributed by atoms with van der Waals surface area (Å²) in [5.74, 6) is 0.132. The molecule has 0 N–H and O–H groups in total. The Kier molecular flexibility index (Phi) is 3.74. The molecule has 0 fully saturated rings. The summed E-state index contributed by atoms with van der Waals surface area (Å²) >= 11 is 0. The summed E-state index contributed by atoms with van der Waals surface area (Å²) < 4.78 is 19.5. The fourth-order valence-electron chi connectivity index (χ4n) is 2.76. The number of rotatable bonds is 2. The van der Waals surface area contributed by atoms with Crippen LogP contribution in [-0.2, 0) is 6.42 Å². The van der Waals surface area contributed by atoms with Crippen LogP contribution in [0.15, 0.2) is 36.4 Å². The Hall–Kier alpha value is -2.16. The maximum Gasteiger partial charge on any atom is 0.195 e. The standard InChI is InChI=1S/C18H17FO2/c1-12-10-14(11-13-6-4-5-9-21-18(12)13)17(20)15-7-2-3-8-16(15)19/h2-3,7-8,10-11H,4-6,9H2,1H3. The maximum atomic E-state index is 13.8. The Morgan fingerprint density at radius 1 is 1.19 bits per heavy atom. The van der Waals surface area contributed by atoms with E-state index in [0.29, 0.717) is 12.2 Å². The Balaban J connectivity index is 2.04. The van der Waals surface area contributed by atoms with Crippen molar-refractivity contribution >= 4 is 5.78 Å². The number of ether oxygens (including phenoxy) is 1. The molecule has 0 atom stereocenters. The van der Waals surface area contributed by atoms with Gasteiger partial charge in [0.25, 0.3) is 0 Å². The van der Waals surface area contributed by atoms with Crippen LogP contribution in [0.4, 0.5) is 4.39 Å². The minimum atomic E-state index is -0.480. The Labute approximate surface area is 123 Å². The van der Waals surface area contributed by atoms with Crippen LogP contribution in [-0.4, -0.2) is 12.4 Å². The van der Waals surface area contributed by atoms with Crippen LogP contribution in [0, 0.1) is 12.7 Å². The number of benzene rings is 2. The third kappa shape index (κ3) is 2.68. The van der Waals surface area contributed by atoms with Crippen molar-refractivity contribution in [2.24, 2.45) is 0 Å².